The minimum Gasteiger partial charge on any atom is -0.378 e. The van der Waals surface area contributed by atoms with Gasteiger partial charge in [0.2, 0.25) is 5.95 Å². The number of nitrogens with one attached hydrogen (secondary N) is 2. The van der Waals surface area contributed by atoms with Gasteiger partial charge in [-0.2, -0.15) is 18.2 Å². The summed E-state index contributed by atoms with van der Waals surface area (Å²) in [4.78, 5) is 22.4. The first kappa shape index (κ1) is 22.2. The molecule has 12 heteroatoms. The van der Waals surface area contributed by atoms with Gasteiger partial charge in [-0.1, -0.05) is 11.6 Å². The second-order valence-electron chi connectivity index (χ2n) is 7.24. The number of hydrogen-bond donors (Lipinski definition) is 2. The van der Waals surface area contributed by atoms with Crippen molar-refractivity contribution in [2.75, 3.05) is 44.0 Å². The van der Waals surface area contributed by atoms with Crippen molar-refractivity contribution in [1.29, 1.82) is 0 Å². The summed E-state index contributed by atoms with van der Waals surface area (Å²) in [5.41, 5.74) is 0.656. The lowest BCUT2D eigenvalue weighted by atomic mass is 10.1. The summed E-state index contributed by atoms with van der Waals surface area (Å²) in [5.74, 6) is -0.521. The molecule has 1 aliphatic rings. The Bertz CT molecular complexity index is 1170. The summed E-state index contributed by atoms with van der Waals surface area (Å²) in [7, 11) is 3.14. The molecule has 4 rings (SSSR count). The molecule has 0 atom stereocenters. The van der Waals surface area contributed by atoms with Crippen LogP contribution in [0.5, 0.6) is 0 Å². The first-order valence-corrected chi connectivity index (χ1v) is 10.1. The van der Waals surface area contributed by atoms with Crippen LogP contribution in [0.3, 0.4) is 0 Å². The molecule has 2 aromatic heterocycles. The van der Waals surface area contributed by atoms with E-state index in [1.54, 1.807) is 34.8 Å². The van der Waals surface area contributed by atoms with E-state index >= 15 is 0 Å². The number of alkyl halides is 3. The molecule has 0 spiro atoms. The number of carbonyl (C=O) groups is 1. The molecule has 1 aliphatic heterocycles. The maximum atomic E-state index is 13.1. The van der Waals surface area contributed by atoms with Gasteiger partial charge in [0.15, 0.2) is 0 Å². The average molecular weight is 469 g/mol. The van der Waals surface area contributed by atoms with E-state index in [1.165, 1.54) is 7.05 Å². The largest absolute Gasteiger partial charge is 0.421 e. The molecule has 1 aromatic carbocycles. The normalized spacial score (nSPS) is 14.6. The molecule has 1 fully saturated rings. The van der Waals surface area contributed by atoms with Crippen molar-refractivity contribution >= 4 is 45.9 Å². The molecule has 0 bridgehead atoms. The maximum Gasteiger partial charge on any atom is 0.421 e. The number of halogens is 4. The van der Waals surface area contributed by atoms with Gasteiger partial charge in [-0.05, 0) is 12.1 Å². The van der Waals surface area contributed by atoms with Gasteiger partial charge in [0, 0.05) is 45.0 Å². The summed E-state index contributed by atoms with van der Waals surface area (Å²) < 4.78 is 46.3. The van der Waals surface area contributed by atoms with Gasteiger partial charge in [-0.15, -0.1) is 0 Å². The van der Waals surface area contributed by atoms with Crippen LogP contribution < -0.4 is 10.6 Å². The third-order valence-corrected chi connectivity index (χ3v) is 5.50. The molecule has 1 amide bonds. The van der Waals surface area contributed by atoms with Crippen LogP contribution in [0.4, 0.5) is 30.6 Å². The number of nitrogens with zero attached hydrogens (tertiary/aromatic N) is 4. The van der Waals surface area contributed by atoms with Crippen molar-refractivity contribution in [1.82, 2.24) is 19.4 Å². The number of hydrogen-bond acceptors (Lipinski definition) is 6. The molecule has 3 heterocycles. The van der Waals surface area contributed by atoms with Crippen molar-refractivity contribution in [2.45, 2.75) is 6.18 Å². The quantitative estimate of drug-likeness (QED) is 0.604. The van der Waals surface area contributed by atoms with Gasteiger partial charge in [0.1, 0.15) is 11.4 Å². The topological polar surface area (TPSA) is 84.3 Å². The Balaban J connectivity index is 1.67. The van der Waals surface area contributed by atoms with Crippen molar-refractivity contribution in [3.8, 4) is 0 Å². The number of carbonyl (C=O) groups excluding carboxylic acids is 1. The molecule has 0 unspecified atom stereocenters. The summed E-state index contributed by atoms with van der Waals surface area (Å²) in [5, 5.41) is 6.23. The fourth-order valence-corrected chi connectivity index (χ4v) is 3.78. The summed E-state index contributed by atoms with van der Waals surface area (Å²) in [6.07, 6.45) is -2.15. The van der Waals surface area contributed by atoms with Crippen LogP contribution in [0.2, 0.25) is 5.02 Å². The van der Waals surface area contributed by atoms with Crippen molar-refractivity contribution < 1.29 is 22.7 Å². The number of benzene rings is 1. The molecular formula is C20H20ClF3N6O2. The monoisotopic (exact) mass is 468 g/mol. The Hall–Kier alpha value is -3.05. The number of anilines is 3. The lowest BCUT2D eigenvalue weighted by Crippen LogP contribution is -2.40. The Morgan fingerprint density at radius 1 is 1.25 bits per heavy atom. The molecule has 1 saturated heterocycles. The van der Waals surface area contributed by atoms with Crippen LogP contribution in [-0.2, 0) is 18.0 Å². The molecule has 2 N–H and O–H groups in total. The van der Waals surface area contributed by atoms with Gasteiger partial charge in [0.05, 0.1) is 35.0 Å². The maximum absolute atomic E-state index is 13.1. The standard InChI is InChI=1S/C20H20ClF3N6O2/c1-25-17-13(20(22,23)24)9-26-19(28-17)27-15-8-16-11(7-14(15)21)12(10-29(16)2)18(31)30-3-5-32-6-4-30/h7-10H,3-6H2,1-2H3,(H2,25,26,27,28). The summed E-state index contributed by atoms with van der Waals surface area (Å²) >= 11 is 6.43. The number of morpholine rings is 1. The van der Waals surface area contributed by atoms with E-state index in [1.807, 2.05) is 0 Å². The molecular weight excluding hydrogens is 449 g/mol. The fourth-order valence-electron chi connectivity index (χ4n) is 3.57. The molecule has 3 aromatic rings. The van der Waals surface area contributed by atoms with Crippen LogP contribution in [0.1, 0.15) is 15.9 Å². The Morgan fingerprint density at radius 3 is 2.62 bits per heavy atom. The molecule has 0 saturated carbocycles. The zero-order valence-corrected chi connectivity index (χ0v) is 18.0. The molecule has 0 radical (unpaired) electrons. The smallest absolute Gasteiger partial charge is 0.378 e. The predicted molar refractivity (Wildman–Crippen MR) is 115 cm³/mol. The van der Waals surface area contributed by atoms with Gasteiger partial charge >= 0.3 is 6.18 Å². The van der Waals surface area contributed by atoms with Crippen LogP contribution in [0.25, 0.3) is 10.9 Å². The number of fused-ring (bicyclic) bond motifs is 1. The van der Waals surface area contributed by atoms with E-state index in [9.17, 15) is 18.0 Å². The van der Waals surface area contributed by atoms with Crippen LogP contribution in [0, 0.1) is 0 Å². The Kier molecular flexibility index (Phi) is 5.87. The highest BCUT2D eigenvalue weighted by molar-refractivity contribution is 6.34. The Labute approximate surface area is 186 Å². The zero-order valence-electron chi connectivity index (χ0n) is 17.3. The number of ether oxygens (including phenoxy) is 1. The number of aryl methyl sites for hydroxylation is 1. The number of rotatable bonds is 4. The lowest BCUT2D eigenvalue weighted by molar-refractivity contribution is -0.137. The highest BCUT2D eigenvalue weighted by Gasteiger charge is 2.35. The Morgan fingerprint density at radius 2 is 1.97 bits per heavy atom. The molecule has 8 nitrogen and oxygen atoms in total. The first-order chi connectivity index (χ1) is 15.2. The number of aromatic nitrogens is 3. The van der Waals surface area contributed by atoms with Crippen LogP contribution in [-0.4, -0.2) is 58.7 Å². The highest BCUT2D eigenvalue weighted by Crippen LogP contribution is 2.36. The fraction of sp³-hybridized carbons (Fsp3) is 0.350. The zero-order chi connectivity index (χ0) is 23.0. The molecule has 170 valence electrons. The second-order valence-corrected chi connectivity index (χ2v) is 7.64. The average Bonchev–Trinajstić information content (AvgIpc) is 3.08. The SMILES string of the molecule is CNc1nc(Nc2cc3c(cc2Cl)c(C(=O)N2CCOCC2)cn3C)ncc1C(F)(F)F. The summed E-state index contributed by atoms with van der Waals surface area (Å²) in [6, 6.07) is 3.35. The van der Waals surface area contributed by atoms with Gasteiger partial charge in [0.25, 0.3) is 5.91 Å². The number of amides is 1. The third-order valence-electron chi connectivity index (χ3n) is 5.18. The minimum atomic E-state index is -4.58. The van der Waals surface area contributed by atoms with Crippen molar-refractivity contribution in [3.05, 3.63) is 40.7 Å². The van der Waals surface area contributed by atoms with E-state index in [4.69, 9.17) is 16.3 Å². The van der Waals surface area contributed by atoms with Gasteiger partial charge < -0.3 is 24.8 Å². The van der Waals surface area contributed by atoms with Gasteiger partial charge in [-0.3, -0.25) is 4.79 Å². The highest BCUT2D eigenvalue weighted by atomic mass is 35.5. The first-order valence-electron chi connectivity index (χ1n) is 9.73. The van der Waals surface area contributed by atoms with E-state index in [2.05, 4.69) is 20.6 Å². The van der Waals surface area contributed by atoms with E-state index < -0.39 is 11.7 Å². The third kappa shape index (κ3) is 4.17. The lowest BCUT2D eigenvalue weighted by Gasteiger charge is -2.26. The van der Waals surface area contributed by atoms with Gasteiger partial charge in [-0.25, -0.2) is 4.98 Å². The van der Waals surface area contributed by atoms with Crippen LogP contribution in [0.15, 0.2) is 24.5 Å². The predicted octanol–water partition coefficient (Wildman–Crippen LogP) is 3.90. The van der Waals surface area contributed by atoms with Crippen molar-refractivity contribution in [2.24, 2.45) is 7.05 Å². The molecule has 0 aliphatic carbocycles. The van der Waals surface area contributed by atoms with E-state index in [-0.39, 0.29) is 22.7 Å². The van der Waals surface area contributed by atoms with E-state index in [0.717, 1.165) is 0 Å². The minimum absolute atomic E-state index is 0.0533. The second kappa shape index (κ2) is 8.47. The van der Waals surface area contributed by atoms with Crippen LogP contribution >= 0.6 is 11.6 Å². The van der Waals surface area contributed by atoms with E-state index in [0.29, 0.717) is 54.7 Å². The molecule has 32 heavy (non-hydrogen) atoms. The van der Waals surface area contributed by atoms with Crippen molar-refractivity contribution in [3.63, 3.8) is 0 Å². The summed E-state index contributed by atoms with van der Waals surface area (Å²) in [6.45, 7) is 2.02.